The van der Waals surface area contributed by atoms with Gasteiger partial charge in [0, 0.05) is 0 Å². The number of nitrogens with zero attached hydrogens (tertiary/aromatic N) is 1. The summed E-state index contributed by atoms with van der Waals surface area (Å²) in [6.45, 7) is 1.67. The van der Waals surface area contributed by atoms with E-state index in [1.807, 2.05) is 0 Å². The van der Waals surface area contributed by atoms with Crippen LogP contribution >= 0.6 is 0 Å². The monoisotopic (exact) mass is 265 g/mol. The van der Waals surface area contributed by atoms with Crippen LogP contribution in [-0.2, 0) is 9.57 Å². The van der Waals surface area contributed by atoms with Gasteiger partial charge in [0.05, 0.1) is 24.8 Å². The number of hydrogen-bond donors (Lipinski definition) is 1. The number of amides is 1. The van der Waals surface area contributed by atoms with Crippen molar-refractivity contribution < 1.29 is 24.3 Å². The molecule has 1 fully saturated rings. The maximum absolute atomic E-state index is 12.3. The van der Waals surface area contributed by atoms with Gasteiger partial charge in [0.25, 0.3) is 5.91 Å². The third-order valence-corrected chi connectivity index (χ3v) is 2.80. The van der Waals surface area contributed by atoms with Crippen LogP contribution in [0.3, 0.4) is 0 Å². The molecule has 1 unspecified atom stereocenters. The maximum Gasteiger partial charge on any atom is 0.338 e. The summed E-state index contributed by atoms with van der Waals surface area (Å²) in [5.41, 5.74) is -0.715. The first-order valence-corrected chi connectivity index (χ1v) is 5.79. The van der Waals surface area contributed by atoms with Crippen LogP contribution in [-0.4, -0.2) is 47.9 Å². The van der Waals surface area contributed by atoms with Crippen LogP contribution in [0.5, 0.6) is 0 Å². The molecule has 6 nitrogen and oxygen atoms in total. The number of β-amino-alcohol motifs (C(OH)–C–C–N with tert-alkyl or cyclic N) is 1. The summed E-state index contributed by atoms with van der Waals surface area (Å²) < 4.78 is 4.63. The summed E-state index contributed by atoms with van der Waals surface area (Å²) in [7, 11) is 1.25. The van der Waals surface area contributed by atoms with Crippen molar-refractivity contribution in [3.05, 3.63) is 35.4 Å². The van der Waals surface area contributed by atoms with Gasteiger partial charge < -0.3 is 9.84 Å². The molecule has 0 radical (unpaired) electrons. The van der Waals surface area contributed by atoms with Gasteiger partial charge in [-0.3, -0.25) is 9.63 Å². The number of hydrogen-bond acceptors (Lipinski definition) is 5. The predicted molar refractivity (Wildman–Crippen MR) is 65.4 cm³/mol. The highest BCUT2D eigenvalue weighted by molar-refractivity contribution is 6.05. The van der Waals surface area contributed by atoms with Gasteiger partial charge >= 0.3 is 5.97 Å². The Morgan fingerprint density at radius 1 is 1.37 bits per heavy atom. The average Bonchev–Trinajstić information content (AvgIpc) is 2.77. The molecular formula is C13H15NO5. The Kier molecular flexibility index (Phi) is 3.55. The first-order valence-electron chi connectivity index (χ1n) is 5.79. The van der Waals surface area contributed by atoms with Gasteiger partial charge in [-0.2, -0.15) is 0 Å². The SMILES string of the molecule is COC(=O)c1ccccc1C(=O)N1CC(C)(O)CO1. The fourth-order valence-corrected chi connectivity index (χ4v) is 1.84. The number of rotatable bonds is 2. The average molecular weight is 265 g/mol. The molecule has 1 aromatic carbocycles. The van der Waals surface area contributed by atoms with Crippen LogP contribution in [0.25, 0.3) is 0 Å². The standard InChI is InChI=1S/C13H15NO5/c1-13(17)7-14(19-8-13)11(15)9-5-3-4-6-10(9)12(16)18-2/h3-6,17H,7-8H2,1-2H3. The van der Waals surface area contributed by atoms with E-state index in [-0.39, 0.29) is 24.3 Å². The maximum atomic E-state index is 12.3. The van der Waals surface area contributed by atoms with E-state index in [1.165, 1.54) is 19.2 Å². The lowest BCUT2D eigenvalue weighted by Gasteiger charge is -2.17. The van der Waals surface area contributed by atoms with E-state index < -0.39 is 17.5 Å². The second kappa shape index (κ2) is 4.99. The number of methoxy groups -OCH3 is 1. The van der Waals surface area contributed by atoms with Crippen molar-refractivity contribution in [1.29, 1.82) is 0 Å². The largest absolute Gasteiger partial charge is 0.465 e. The summed E-state index contributed by atoms with van der Waals surface area (Å²) in [6.07, 6.45) is 0. The second-order valence-corrected chi connectivity index (χ2v) is 4.65. The van der Waals surface area contributed by atoms with Gasteiger partial charge in [-0.1, -0.05) is 12.1 Å². The molecule has 1 aliphatic rings. The van der Waals surface area contributed by atoms with Crippen LogP contribution < -0.4 is 0 Å². The molecule has 0 saturated carbocycles. The number of hydroxylamine groups is 2. The summed E-state index contributed by atoms with van der Waals surface area (Å²) in [5, 5.41) is 10.8. The van der Waals surface area contributed by atoms with Gasteiger partial charge in [-0.05, 0) is 19.1 Å². The molecule has 0 bridgehead atoms. The first kappa shape index (κ1) is 13.5. The fraction of sp³-hybridized carbons (Fsp3) is 0.385. The minimum absolute atomic E-state index is 0.0408. The molecule has 1 heterocycles. The molecule has 2 rings (SSSR count). The highest BCUT2D eigenvalue weighted by Crippen LogP contribution is 2.21. The summed E-state index contributed by atoms with van der Waals surface area (Å²) in [5.74, 6) is -1.06. The minimum Gasteiger partial charge on any atom is -0.465 e. The molecule has 1 N–H and O–H groups in total. The molecule has 0 spiro atoms. The quantitative estimate of drug-likeness (QED) is 0.793. The van der Waals surface area contributed by atoms with Crippen molar-refractivity contribution in [2.75, 3.05) is 20.3 Å². The van der Waals surface area contributed by atoms with Gasteiger partial charge in [-0.15, -0.1) is 0 Å². The molecule has 0 aromatic heterocycles. The molecule has 1 saturated heterocycles. The zero-order valence-electron chi connectivity index (χ0n) is 10.8. The van der Waals surface area contributed by atoms with Crippen LogP contribution in [0.1, 0.15) is 27.6 Å². The van der Waals surface area contributed by atoms with Gasteiger partial charge in [-0.25, -0.2) is 9.86 Å². The number of ether oxygens (including phenoxy) is 1. The van der Waals surface area contributed by atoms with Crippen molar-refractivity contribution in [1.82, 2.24) is 5.06 Å². The van der Waals surface area contributed by atoms with Gasteiger partial charge in [0.15, 0.2) is 0 Å². The predicted octanol–water partition coefficient (Wildman–Crippen LogP) is 0.612. The summed E-state index contributed by atoms with van der Waals surface area (Å²) in [4.78, 5) is 29.0. The number of aliphatic hydroxyl groups is 1. The van der Waals surface area contributed by atoms with Crippen molar-refractivity contribution in [3.8, 4) is 0 Å². The van der Waals surface area contributed by atoms with E-state index in [1.54, 1.807) is 19.1 Å². The molecule has 6 heteroatoms. The van der Waals surface area contributed by atoms with E-state index in [0.717, 1.165) is 5.06 Å². The third kappa shape index (κ3) is 2.74. The Labute approximate surface area is 110 Å². The lowest BCUT2D eigenvalue weighted by atomic mass is 10.1. The third-order valence-electron chi connectivity index (χ3n) is 2.80. The van der Waals surface area contributed by atoms with Gasteiger partial charge in [0.1, 0.15) is 12.2 Å². The van der Waals surface area contributed by atoms with Crippen molar-refractivity contribution in [2.24, 2.45) is 0 Å². The fourth-order valence-electron chi connectivity index (χ4n) is 1.84. The molecule has 102 valence electrons. The second-order valence-electron chi connectivity index (χ2n) is 4.65. The Bertz CT molecular complexity index is 512. The lowest BCUT2D eigenvalue weighted by molar-refractivity contribution is -0.0798. The van der Waals surface area contributed by atoms with Gasteiger partial charge in [0.2, 0.25) is 0 Å². The molecule has 19 heavy (non-hydrogen) atoms. The molecular weight excluding hydrogens is 250 g/mol. The summed E-state index contributed by atoms with van der Waals surface area (Å²) >= 11 is 0. The normalized spacial score (nSPS) is 22.4. The van der Waals surface area contributed by atoms with E-state index >= 15 is 0 Å². The van der Waals surface area contributed by atoms with Crippen LogP contribution in [0.15, 0.2) is 24.3 Å². The lowest BCUT2D eigenvalue weighted by Crippen LogP contribution is -2.34. The number of benzene rings is 1. The van der Waals surface area contributed by atoms with Crippen LogP contribution in [0.4, 0.5) is 0 Å². The Hall–Kier alpha value is -1.92. The number of carbonyl (C=O) groups is 2. The number of carbonyl (C=O) groups excluding carboxylic acids is 2. The minimum atomic E-state index is -1.07. The Morgan fingerprint density at radius 2 is 2.00 bits per heavy atom. The zero-order chi connectivity index (χ0) is 14.0. The number of esters is 1. The van der Waals surface area contributed by atoms with Crippen molar-refractivity contribution in [3.63, 3.8) is 0 Å². The van der Waals surface area contributed by atoms with E-state index in [9.17, 15) is 14.7 Å². The molecule has 0 aliphatic carbocycles. The molecule has 1 aromatic rings. The smallest absolute Gasteiger partial charge is 0.338 e. The van der Waals surface area contributed by atoms with Crippen molar-refractivity contribution in [2.45, 2.75) is 12.5 Å². The van der Waals surface area contributed by atoms with E-state index in [4.69, 9.17) is 4.84 Å². The molecule has 1 aliphatic heterocycles. The topological polar surface area (TPSA) is 76.1 Å². The molecule has 1 amide bonds. The Balaban J connectivity index is 2.27. The van der Waals surface area contributed by atoms with Crippen molar-refractivity contribution >= 4 is 11.9 Å². The van der Waals surface area contributed by atoms with Crippen LogP contribution in [0, 0.1) is 0 Å². The highest BCUT2D eigenvalue weighted by Gasteiger charge is 2.37. The zero-order valence-corrected chi connectivity index (χ0v) is 10.8. The van der Waals surface area contributed by atoms with E-state index in [0.29, 0.717) is 0 Å². The van der Waals surface area contributed by atoms with E-state index in [2.05, 4.69) is 4.74 Å². The Morgan fingerprint density at radius 3 is 2.53 bits per heavy atom. The highest BCUT2D eigenvalue weighted by atomic mass is 16.7. The molecule has 1 atom stereocenters. The summed E-state index contributed by atoms with van der Waals surface area (Å²) in [6, 6.07) is 6.32. The first-order chi connectivity index (χ1) is 8.94. The van der Waals surface area contributed by atoms with Crippen LogP contribution in [0.2, 0.25) is 0 Å².